The van der Waals surface area contributed by atoms with E-state index in [-0.39, 0.29) is 6.04 Å². The summed E-state index contributed by atoms with van der Waals surface area (Å²) in [6.07, 6.45) is 12.7. The number of aromatic nitrogens is 1. The molecule has 0 aliphatic heterocycles. The van der Waals surface area contributed by atoms with Crippen molar-refractivity contribution in [3.63, 3.8) is 0 Å². The number of fused-ring (bicyclic) bond motifs is 7. The van der Waals surface area contributed by atoms with Gasteiger partial charge in [-0.2, -0.15) is 0 Å². The van der Waals surface area contributed by atoms with Crippen molar-refractivity contribution >= 4 is 77.5 Å². The third-order valence-electron chi connectivity index (χ3n) is 10.4. The normalized spacial score (nSPS) is 15.9. The zero-order chi connectivity index (χ0) is 32.3. The van der Waals surface area contributed by atoms with Crippen LogP contribution in [0.2, 0.25) is 0 Å². The molecule has 0 N–H and O–H groups in total. The number of hydrogen-bond donors (Lipinski definition) is 0. The van der Waals surface area contributed by atoms with Crippen LogP contribution in [-0.2, 0) is 0 Å². The van der Waals surface area contributed by atoms with Crippen molar-refractivity contribution in [1.82, 2.24) is 4.57 Å². The van der Waals surface area contributed by atoms with Gasteiger partial charge in [0.25, 0.3) is 0 Å². The highest BCUT2D eigenvalue weighted by molar-refractivity contribution is 7.17. The Kier molecular flexibility index (Phi) is 6.66. The minimum Gasteiger partial charge on any atom is -0.338 e. The lowest BCUT2D eigenvalue weighted by Crippen LogP contribution is -2.38. The maximum atomic E-state index is 2.61. The fourth-order valence-corrected chi connectivity index (χ4v) is 9.36. The number of nitrogens with zero attached hydrogens (tertiary/aromatic N) is 2. The van der Waals surface area contributed by atoms with E-state index in [1.54, 1.807) is 0 Å². The second-order valence-electron chi connectivity index (χ2n) is 13.2. The molecule has 2 nitrogen and oxygen atoms in total. The number of rotatable bonds is 5. The highest BCUT2D eigenvalue weighted by Crippen LogP contribution is 2.38. The Morgan fingerprint density at radius 1 is 0.592 bits per heavy atom. The first-order valence-corrected chi connectivity index (χ1v) is 18.1. The van der Waals surface area contributed by atoms with E-state index in [2.05, 4.69) is 173 Å². The van der Waals surface area contributed by atoms with Gasteiger partial charge in [-0.05, 0) is 100 Å². The van der Waals surface area contributed by atoms with Crippen molar-refractivity contribution in [1.29, 1.82) is 0 Å². The molecular formula is C46H34N2S. The number of anilines is 1. The second-order valence-corrected chi connectivity index (χ2v) is 14.3. The molecule has 0 amide bonds. The Hall–Kier alpha value is -5.64. The van der Waals surface area contributed by atoms with Crippen LogP contribution in [0.3, 0.4) is 0 Å². The van der Waals surface area contributed by atoms with Gasteiger partial charge >= 0.3 is 0 Å². The van der Waals surface area contributed by atoms with E-state index in [9.17, 15) is 0 Å². The molecule has 2 aromatic heterocycles. The van der Waals surface area contributed by atoms with Gasteiger partial charge in [0.05, 0.1) is 17.1 Å². The average Bonchev–Trinajstić information content (AvgIpc) is 3.71. The van der Waals surface area contributed by atoms with Crippen LogP contribution >= 0.6 is 11.3 Å². The van der Waals surface area contributed by atoms with Gasteiger partial charge in [-0.1, -0.05) is 115 Å². The van der Waals surface area contributed by atoms with Gasteiger partial charge in [0.2, 0.25) is 0 Å². The maximum absolute atomic E-state index is 2.61. The van der Waals surface area contributed by atoms with E-state index >= 15 is 0 Å². The third-order valence-corrected chi connectivity index (χ3v) is 11.6. The molecule has 1 atom stereocenters. The van der Waals surface area contributed by atoms with Gasteiger partial charge in [0.1, 0.15) is 0 Å². The van der Waals surface area contributed by atoms with E-state index in [0.29, 0.717) is 0 Å². The molecule has 0 radical (unpaired) electrons. The molecule has 0 bridgehead atoms. The molecule has 234 valence electrons. The summed E-state index contributed by atoms with van der Waals surface area (Å²) in [6, 6.07) is 51.3. The summed E-state index contributed by atoms with van der Waals surface area (Å²) >= 11 is 1.92. The summed E-state index contributed by atoms with van der Waals surface area (Å²) in [5.74, 6) is 0. The molecule has 2 aliphatic rings. The van der Waals surface area contributed by atoms with Crippen molar-refractivity contribution in [2.75, 3.05) is 4.90 Å². The summed E-state index contributed by atoms with van der Waals surface area (Å²) in [5.41, 5.74) is 9.03. The lowest BCUT2D eigenvalue weighted by molar-refractivity contribution is 0.754. The van der Waals surface area contributed by atoms with Crippen LogP contribution in [-0.4, -0.2) is 10.6 Å². The van der Waals surface area contributed by atoms with E-state index in [0.717, 1.165) is 19.3 Å². The average molecular weight is 647 g/mol. The van der Waals surface area contributed by atoms with E-state index in [1.165, 1.54) is 80.6 Å². The van der Waals surface area contributed by atoms with Gasteiger partial charge in [-0.25, -0.2) is 0 Å². The molecule has 3 heteroatoms. The number of thiophene rings is 1. The first-order chi connectivity index (χ1) is 24.3. The van der Waals surface area contributed by atoms with E-state index in [1.807, 2.05) is 11.3 Å². The van der Waals surface area contributed by atoms with Gasteiger partial charge < -0.3 is 9.47 Å². The van der Waals surface area contributed by atoms with Crippen molar-refractivity contribution in [2.24, 2.45) is 0 Å². The van der Waals surface area contributed by atoms with Crippen LogP contribution in [0.5, 0.6) is 0 Å². The summed E-state index contributed by atoms with van der Waals surface area (Å²) in [5, 5.41) is 7.96. The van der Waals surface area contributed by atoms with Gasteiger partial charge in [-0.15, -0.1) is 11.3 Å². The monoisotopic (exact) mass is 646 g/mol. The Morgan fingerprint density at radius 3 is 2.02 bits per heavy atom. The van der Waals surface area contributed by atoms with Crippen molar-refractivity contribution in [3.05, 3.63) is 167 Å². The van der Waals surface area contributed by atoms with Crippen molar-refractivity contribution < 1.29 is 0 Å². The van der Waals surface area contributed by atoms with E-state index in [4.69, 9.17) is 0 Å². The lowest BCUT2D eigenvalue weighted by atomic mass is 9.97. The zero-order valence-corrected chi connectivity index (χ0v) is 27.9. The van der Waals surface area contributed by atoms with Gasteiger partial charge in [-0.3, -0.25) is 0 Å². The third kappa shape index (κ3) is 4.68. The highest BCUT2D eigenvalue weighted by atomic mass is 32.1. The van der Waals surface area contributed by atoms with Crippen molar-refractivity contribution in [2.45, 2.75) is 25.3 Å². The minimum absolute atomic E-state index is 0.235. The van der Waals surface area contributed by atoms with Gasteiger partial charge in [0.15, 0.2) is 0 Å². The Labute approximate surface area is 289 Å². The molecule has 0 spiro atoms. The highest BCUT2D eigenvalue weighted by Gasteiger charge is 2.25. The van der Waals surface area contributed by atoms with Crippen LogP contribution < -0.4 is 14.7 Å². The van der Waals surface area contributed by atoms with Crippen LogP contribution in [0.1, 0.15) is 19.3 Å². The maximum Gasteiger partial charge on any atom is 0.0570 e. The topological polar surface area (TPSA) is 8.17 Å². The Balaban J connectivity index is 1.09. The molecular weight excluding hydrogens is 613 g/mol. The first kappa shape index (κ1) is 28.4. The Bertz CT molecular complexity index is 2700. The molecule has 49 heavy (non-hydrogen) atoms. The smallest absolute Gasteiger partial charge is 0.0570 e. The number of allylic oxidation sites excluding steroid dienone is 4. The van der Waals surface area contributed by atoms with Crippen LogP contribution in [0.15, 0.2) is 157 Å². The molecule has 2 heterocycles. The SMILES string of the molecule is C1=C(N(c2ccc(-c3cccc4ccccc34)cc2)C2C=c3sc4ccccc4c3=CC2)CCC(n2c3ccccc3c3ccccc32)=C1. The predicted octanol–water partition coefficient (Wildman–Crippen LogP) is 10.9. The second kappa shape index (κ2) is 11.5. The molecule has 1 unspecified atom stereocenters. The van der Waals surface area contributed by atoms with Crippen LogP contribution in [0.25, 0.3) is 71.6 Å². The quantitative estimate of drug-likeness (QED) is 0.181. The molecule has 0 saturated heterocycles. The Morgan fingerprint density at radius 2 is 1.27 bits per heavy atom. The lowest BCUT2D eigenvalue weighted by Gasteiger charge is -2.36. The van der Waals surface area contributed by atoms with Crippen molar-refractivity contribution in [3.8, 4) is 11.1 Å². The largest absolute Gasteiger partial charge is 0.338 e. The summed E-state index contributed by atoms with van der Waals surface area (Å²) in [7, 11) is 0. The fourth-order valence-electron chi connectivity index (χ4n) is 8.16. The van der Waals surface area contributed by atoms with Gasteiger partial charge in [0, 0.05) is 37.1 Å². The van der Waals surface area contributed by atoms with Crippen LogP contribution in [0, 0.1) is 0 Å². The predicted molar refractivity (Wildman–Crippen MR) is 211 cm³/mol. The molecule has 2 aliphatic carbocycles. The minimum atomic E-state index is 0.235. The summed E-state index contributed by atoms with van der Waals surface area (Å²) < 4.78 is 5.22. The fraction of sp³-hybridized carbons (Fsp3) is 0.0870. The zero-order valence-electron chi connectivity index (χ0n) is 27.1. The molecule has 10 rings (SSSR count). The summed E-state index contributed by atoms with van der Waals surface area (Å²) in [4.78, 5) is 2.61. The summed E-state index contributed by atoms with van der Waals surface area (Å²) in [6.45, 7) is 0. The number of para-hydroxylation sites is 2. The molecule has 8 aromatic rings. The number of benzene rings is 6. The molecule has 0 saturated carbocycles. The molecule has 6 aromatic carbocycles. The number of hydrogen-bond acceptors (Lipinski definition) is 2. The van der Waals surface area contributed by atoms with Crippen LogP contribution in [0.4, 0.5) is 5.69 Å². The standard InChI is InChI=1S/C46H34N2S/c1-2-12-37-31(10-1)11-9-16-38(37)32-20-22-33(23-21-32)47(36-28-29-42-41-15-5-8-19-45(41)49-46(42)30-36)34-24-26-35(27-25-34)48-43-17-6-3-13-39(43)40-14-4-7-18-44(40)48/h1-24,26,29-30,36H,25,27-28H2. The van der Waals surface area contributed by atoms with E-state index < -0.39 is 0 Å². The first-order valence-electron chi connectivity index (χ1n) is 17.3. The molecule has 0 fully saturated rings.